The maximum atomic E-state index is 12.4. The molecule has 6 aliphatic rings. The van der Waals surface area contributed by atoms with Gasteiger partial charge in [0.25, 0.3) is 0 Å². The van der Waals surface area contributed by atoms with Crippen molar-refractivity contribution in [1.82, 2.24) is 52.3 Å². The fraction of sp³-hybridized carbons (Fsp3) is 0.400. The number of likely N-dealkylation sites (tertiary alicyclic amines) is 2. The van der Waals surface area contributed by atoms with E-state index < -0.39 is 47.1 Å². The Morgan fingerprint density at radius 2 is 0.598 bits per heavy atom. The molecule has 692 valence electrons. The van der Waals surface area contributed by atoms with Gasteiger partial charge >= 0.3 is 12.2 Å². The predicted molar refractivity (Wildman–Crippen MR) is 492 cm³/mol. The first kappa shape index (κ1) is 92.8. The summed E-state index contributed by atoms with van der Waals surface area (Å²) in [5.74, 6) is -0.508. The van der Waals surface area contributed by atoms with Crippen molar-refractivity contribution in [3.63, 3.8) is 0 Å². The number of furan rings is 4. The van der Waals surface area contributed by atoms with Gasteiger partial charge in [0.2, 0.25) is 59.1 Å². The maximum Gasteiger partial charge on any atom is 0.407 e. The number of hydrogen-bond acceptors (Lipinski definition) is 24. The number of hydrogen-bond donors (Lipinski definition) is 8. The molecule has 4 aromatic heterocycles. The number of nitrogens with one attached hydrogen (secondary N) is 8. The van der Waals surface area contributed by atoms with Crippen molar-refractivity contribution in [3.05, 3.63) is 169 Å². The molecule has 6 aliphatic heterocycles. The molecule has 12 aromatic rings. The standard InChI is InChI=1S/2C26H29N3O5.2C24H26N2O6/c2*1-16(30)29-11-8-18(9-12-29)27-10-13-33-19-3-4-20-17(14-19)2-6-23-25(20)22(15-34-23)21-5-7-24(31)28-26(21)32;2*1-24(2,3)32-23(29)25-10-11-30-15-5-6-16-14(12-15)4-8-19-21(16)18(13-31-19)17-7-9-20(27)26-22(17)28/h2*2-4,6,14-15,18,21,27H,5,7-13H2,1H3,(H,28,31,32);2*4-6,8,12-13,17H,7,9-11H2,1-3H3,(H,25,29)(H,26,27,28)/t2*21-;2*17-/m1010/s1. The Balaban J connectivity index is 0.000000135. The summed E-state index contributed by atoms with van der Waals surface area (Å²) in [6.07, 6.45) is 12.5. The molecule has 8 aromatic carbocycles. The first-order chi connectivity index (χ1) is 63.4. The van der Waals surface area contributed by atoms with Crippen LogP contribution in [0.2, 0.25) is 0 Å². The van der Waals surface area contributed by atoms with E-state index in [1.807, 2.05) is 131 Å². The van der Waals surface area contributed by atoms with Crippen molar-refractivity contribution in [1.29, 1.82) is 0 Å². The Bertz CT molecular complexity index is 6010. The SMILES string of the molecule is CC(=O)N1CCC(NCCOc2ccc3c(ccc4occ([C@@H]5CCC(=O)NC5=O)c43)c2)CC1.CC(=O)N1CCC(NCCOc2ccc3c(ccc4occ([C@H]5CCC(=O)NC5=O)c43)c2)CC1.CC(C)(C)OC(=O)NCCOc1ccc2c(ccc3occ([C@@H]4CCC(=O)NC4=O)c32)c1.CC(C)(C)OC(=O)NCCOc1ccc2c(ccc3occ([C@H]4CCC(=O)NC4=O)c32)c1. The lowest BCUT2D eigenvalue weighted by Gasteiger charge is -2.31. The highest BCUT2D eigenvalue weighted by Gasteiger charge is 2.37. The van der Waals surface area contributed by atoms with E-state index in [1.165, 1.54) is 0 Å². The van der Waals surface area contributed by atoms with E-state index >= 15 is 0 Å². The van der Waals surface area contributed by atoms with Crippen LogP contribution in [0.5, 0.6) is 23.0 Å². The Morgan fingerprint density at radius 1 is 0.348 bits per heavy atom. The molecule has 32 heteroatoms. The van der Waals surface area contributed by atoms with Crippen LogP contribution in [0.15, 0.2) is 164 Å². The zero-order chi connectivity index (χ0) is 93.1. The van der Waals surface area contributed by atoms with Crippen molar-refractivity contribution >= 4 is 158 Å². The lowest BCUT2D eigenvalue weighted by atomic mass is 9.89. The van der Waals surface area contributed by atoms with Crippen LogP contribution in [0.1, 0.15) is 178 Å². The van der Waals surface area contributed by atoms with Crippen molar-refractivity contribution < 1.29 is 104 Å². The Kier molecular flexibility index (Phi) is 28.9. The van der Waals surface area contributed by atoms with Crippen LogP contribution in [0.25, 0.3) is 87.0 Å². The van der Waals surface area contributed by atoms with Crippen LogP contribution in [0, 0.1) is 0 Å². The highest BCUT2D eigenvalue weighted by Crippen LogP contribution is 2.43. The third-order valence-electron chi connectivity index (χ3n) is 24.2. The fourth-order valence-electron chi connectivity index (χ4n) is 17.8. The largest absolute Gasteiger partial charge is 0.492 e. The quantitative estimate of drug-likeness (QED) is 0.0231. The van der Waals surface area contributed by atoms with Gasteiger partial charge in [-0.15, -0.1) is 0 Å². The molecule has 6 saturated heterocycles. The van der Waals surface area contributed by atoms with E-state index in [2.05, 4.69) is 42.5 Å². The van der Waals surface area contributed by atoms with Crippen LogP contribution in [-0.2, 0) is 57.4 Å². The van der Waals surface area contributed by atoms with E-state index in [9.17, 15) is 57.5 Å². The number of fused-ring (bicyclic) bond motifs is 12. The first-order valence-corrected chi connectivity index (χ1v) is 44.9. The molecule has 8 N–H and O–H groups in total. The third kappa shape index (κ3) is 22.7. The minimum absolute atomic E-state index is 0.148. The van der Waals surface area contributed by atoms with Gasteiger partial charge in [0.1, 0.15) is 83.0 Å². The molecule has 18 rings (SSSR count). The van der Waals surface area contributed by atoms with Gasteiger partial charge < -0.3 is 77.2 Å². The van der Waals surface area contributed by atoms with Gasteiger partial charge in [-0.25, -0.2) is 9.59 Å². The zero-order valence-corrected chi connectivity index (χ0v) is 75.2. The summed E-state index contributed by atoms with van der Waals surface area (Å²) in [6, 6.07) is 39.5. The van der Waals surface area contributed by atoms with Crippen molar-refractivity contribution in [3.8, 4) is 23.0 Å². The number of nitrogens with zero attached hydrogens (tertiary/aromatic N) is 2. The summed E-state index contributed by atoms with van der Waals surface area (Å²) in [4.78, 5) is 146. The van der Waals surface area contributed by atoms with E-state index in [0.29, 0.717) is 126 Å². The average molecular weight is 1800 g/mol. The van der Waals surface area contributed by atoms with E-state index in [1.54, 1.807) is 80.4 Å². The number of carbonyl (C=O) groups is 12. The van der Waals surface area contributed by atoms with Crippen molar-refractivity contribution in [2.45, 2.75) is 179 Å². The minimum atomic E-state index is -0.547. The van der Waals surface area contributed by atoms with E-state index in [0.717, 1.165) is 175 Å². The van der Waals surface area contributed by atoms with Crippen molar-refractivity contribution in [2.75, 3.05) is 78.8 Å². The molecule has 0 saturated carbocycles. The number of benzene rings is 8. The lowest BCUT2D eigenvalue weighted by molar-refractivity contribution is -0.135. The molecular weight excluding hydrogens is 1690 g/mol. The summed E-state index contributed by atoms with van der Waals surface area (Å²) in [5, 5.41) is 33.4. The second kappa shape index (κ2) is 41.1. The number of imide groups is 4. The summed E-state index contributed by atoms with van der Waals surface area (Å²) >= 11 is 0. The van der Waals surface area contributed by atoms with Crippen LogP contribution < -0.4 is 61.5 Å². The molecule has 0 radical (unpaired) electrons. The molecule has 6 fully saturated rings. The highest BCUT2D eigenvalue weighted by atomic mass is 16.6. The summed E-state index contributed by atoms with van der Waals surface area (Å²) in [6.45, 7) is 21.1. The first-order valence-electron chi connectivity index (χ1n) is 44.9. The molecule has 0 aliphatic carbocycles. The van der Waals surface area contributed by atoms with Gasteiger partial charge in [0.15, 0.2) is 0 Å². The molecule has 4 atom stereocenters. The normalized spacial score (nSPS) is 18.2. The maximum absolute atomic E-state index is 12.4. The van der Waals surface area contributed by atoms with Gasteiger partial charge in [-0.1, -0.05) is 24.3 Å². The van der Waals surface area contributed by atoms with Gasteiger partial charge in [-0.2, -0.15) is 0 Å². The summed E-state index contributed by atoms with van der Waals surface area (Å²) in [5.41, 5.74) is 4.93. The topological polar surface area (TPSA) is 415 Å². The Hall–Kier alpha value is -13.9. The third-order valence-corrected chi connectivity index (χ3v) is 24.2. The predicted octanol–water partition coefficient (Wildman–Crippen LogP) is 14.2. The molecule has 0 spiro atoms. The van der Waals surface area contributed by atoms with Gasteiger partial charge in [0.05, 0.1) is 61.8 Å². The van der Waals surface area contributed by atoms with Crippen LogP contribution >= 0.6 is 0 Å². The number of ether oxygens (including phenoxy) is 6. The second-order valence-electron chi connectivity index (χ2n) is 35.8. The molecule has 10 heterocycles. The van der Waals surface area contributed by atoms with E-state index in [4.69, 9.17) is 46.1 Å². The summed E-state index contributed by atoms with van der Waals surface area (Å²) in [7, 11) is 0. The molecule has 0 bridgehead atoms. The summed E-state index contributed by atoms with van der Waals surface area (Å²) < 4.78 is 56.8. The Labute approximate surface area is 760 Å². The Morgan fingerprint density at radius 3 is 0.833 bits per heavy atom. The number of rotatable bonds is 22. The molecule has 12 amide bonds. The number of alkyl carbamates (subject to hydrolysis) is 2. The van der Waals surface area contributed by atoms with E-state index in [-0.39, 0.29) is 59.1 Å². The lowest BCUT2D eigenvalue weighted by Crippen LogP contribution is -2.45. The second-order valence-corrected chi connectivity index (χ2v) is 35.8. The average Bonchev–Trinajstić information content (AvgIpc) is 1.63. The molecule has 132 heavy (non-hydrogen) atoms. The zero-order valence-electron chi connectivity index (χ0n) is 75.2. The van der Waals surface area contributed by atoms with Gasteiger partial charge in [0, 0.05) is 135 Å². The number of carbonyl (C=O) groups excluding carboxylic acids is 12. The molecule has 32 nitrogen and oxygen atoms in total. The van der Waals surface area contributed by atoms with Gasteiger partial charge in [-0.3, -0.25) is 69.2 Å². The van der Waals surface area contributed by atoms with Crippen LogP contribution in [-0.4, -0.2) is 183 Å². The van der Waals surface area contributed by atoms with Crippen LogP contribution in [0.3, 0.4) is 0 Å². The molecular formula is C100H110N10O22. The monoisotopic (exact) mass is 1800 g/mol. The fourth-order valence-corrected chi connectivity index (χ4v) is 17.8. The highest BCUT2D eigenvalue weighted by molar-refractivity contribution is 6.15. The van der Waals surface area contributed by atoms with Gasteiger partial charge in [-0.05, 0) is 233 Å². The van der Waals surface area contributed by atoms with Crippen molar-refractivity contribution in [2.24, 2.45) is 0 Å². The van der Waals surface area contributed by atoms with Crippen LogP contribution in [0.4, 0.5) is 9.59 Å². The minimum Gasteiger partial charge on any atom is -0.492 e. The smallest absolute Gasteiger partial charge is 0.407 e. The molecule has 0 unspecified atom stereocenters. The number of piperidine rings is 6. The number of amides is 12.